The molecule has 21 heavy (non-hydrogen) atoms. The Morgan fingerprint density at radius 3 is 2.52 bits per heavy atom. The number of anilines is 1. The summed E-state index contributed by atoms with van der Waals surface area (Å²) in [5, 5.41) is 18.4. The SMILES string of the molecule is C=C(/C=C(/C)Nc1cccc(C#N)c1)C(F)(F)F.O=CO. The lowest BCUT2D eigenvalue weighted by Crippen LogP contribution is -2.10. The molecule has 0 heterocycles. The van der Waals surface area contributed by atoms with Crippen molar-refractivity contribution in [2.45, 2.75) is 13.1 Å². The summed E-state index contributed by atoms with van der Waals surface area (Å²) >= 11 is 0. The zero-order valence-electron chi connectivity index (χ0n) is 11.1. The van der Waals surface area contributed by atoms with Crippen LogP contribution in [0.5, 0.6) is 0 Å². The molecule has 1 aromatic carbocycles. The minimum absolute atomic E-state index is 0.250. The number of nitrogens with one attached hydrogen (secondary N) is 1. The number of alkyl halides is 3. The van der Waals surface area contributed by atoms with Crippen LogP contribution >= 0.6 is 0 Å². The summed E-state index contributed by atoms with van der Waals surface area (Å²) in [4.78, 5) is 8.36. The van der Waals surface area contributed by atoms with Crippen molar-refractivity contribution in [1.82, 2.24) is 0 Å². The van der Waals surface area contributed by atoms with Gasteiger partial charge in [-0.3, -0.25) is 4.79 Å². The molecule has 0 saturated carbocycles. The number of carbonyl (C=O) groups is 1. The number of benzene rings is 1. The average Bonchev–Trinajstić information content (AvgIpc) is 2.38. The van der Waals surface area contributed by atoms with Crippen molar-refractivity contribution in [3.05, 3.63) is 53.8 Å². The van der Waals surface area contributed by atoms with Crippen molar-refractivity contribution in [3.63, 3.8) is 0 Å². The average molecular weight is 298 g/mol. The number of nitriles is 1. The van der Waals surface area contributed by atoms with Gasteiger partial charge in [0, 0.05) is 11.4 Å². The van der Waals surface area contributed by atoms with E-state index in [4.69, 9.17) is 15.2 Å². The standard InChI is InChI=1S/C13H11F3N2.CH2O2/c1-9(13(14,15)16)6-10(2)18-12-5-3-4-11(7-12)8-17;2-1-3/h3-7,18H,1H2,2H3;1H,(H,2,3)/b10-6-;. The van der Waals surface area contributed by atoms with Crippen LogP contribution in [-0.4, -0.2) is 17.8 Å². The first-order valence-corrected chi connectivity index (χ1v) is 5.54. The van der Waals surface area contributed by atoms with Gasteiger partial charge in [0.2, 0.25) is 0 Å². The molecule has 0 bridgehead atoms. The minimum Gasteiger partial charge on any atom is -0.483 e. The topological polar surface area (TPSA) is 73.1 Å². The van der Waals surface area contributed by atoms with Gasteiger partial charge in [-0.05, 0) is 31.2 Å². The fraction of sp³-hybridized carbons (Fsp3) is 0.143. The molecular weight excluding hydrogens is 285 g/mol. The second-order valence-electron chi connectivity index (χ2n) is 3.77. The predicted octanol–water partition coefficient (Wildman–Crippen LogP) is 3.69. The van der Waals surface area contributed by atoms with Crippen LogP contribution in [0.3, 0.4) is 0 Å². The van der Waals surface area contributed by atoms with Gasteiger partial charge in [-0.1, -0.05) is 12.6 Å². The van der Waals surface area contributed by atoms with Crippen LogP contribution in [0, 0.1) is 11.3 Å². The van der Waals surface area contributed by atoms with E-state index in [0.29, 0.717) is 16.9 Å². The molecule has 0 atom stereocenters. The third kappa shape index (κ3) is 7.42. The van der Waals surface area contributed by atoms with E-state index in [2.05, 4.69) is 11.9 Å². The lowest BCUT2D eigenvalue weighted by molar-refractivity contribution is -0.122. The molecule has 112 valence electrons. The zero-order chi connectivity index (χ0) is 16.5. The Hall–Kier alpha value is -2.75. The highest BCUT2D eigenvalue weighted by Crippen LogP contribution is 2.26. The Labute approximate surface area is 119 Å². The highest BCUT2D eigenvalue weighted by Gasteiger charge is 2.30. The predicted molar refractivity (Wildman–Crippen MR) is 72.4 cm³/mol. The Morgan fingerprint density at radius 1 is 1.48 bits per heavy atom. The molecule has 1 aromatic rings. The maximum atomic E-state index is 12.3. The van der Waals surface area contributed by atoms with Gasteiger partial charge in [-0.15, -0.1) is 0 Å². The lowest BCUT2D eigenvalue weighted by Gasteiger charge is -2.10. The summed E-state index contributed by atoms with van der Waals surface area (Å²) in [5.41, 5.74) is 0.358. The van der Waals surface area contributed by atoms with Crippen molar-refractivity contribution >= 4 is 12.2 Å². The second-order valence-corrected chi connectivity index (χ2v) is 3.77. The highest BCUT2D eigenvalue weighted by molar-refractivity contribution is 5.53. The van der Waals surface area contributed by atoms with Gasteiger partial charge in [0.15, 0.2) is 0 Å². The van der Waals surface area contributed by atoms with E-state index in [1.54, 1.807) is 24.3 Å². The summed E-state index contributed by atoms with van der Waals surface area (Å²) < 4.78 is 36.8. The summed E-state index contributed by atoms with van der Waals surface area (Å²) in [6.45, 7) is 4.19. The zero-order valence-corrected chi connectivity index (χ0v) is 11.1. The van der Waals surface area contributed by atoms with Crippen molar-refractivity contribution in [1.29, 1.82) is 5.26 Å². The maximum Gasteiger partial charge on any atom is 0.415 e. The van der Waals surface area contributed by atoms with E-state index in [1.165, 1.54) is 6.92 Å². The largest absolute Gasteiger partial charge is 0.483 e. The van der Waals surface area contributed by atoms with Gasteiger partial charge < -0.3 is 10.4 Å². The van der Waals surface area contributed by atoms with E-state index in [-0.39, 0.29) is 6.47 Å². The summed E-state index contributed by atoms with van der Waals surface area (Å²) in [6.07, 6.45) is -3.52. The fourth-order valence-corrected chi connectivity index (χ4v) is 1.27. The molecule has 2 N–H and O–H groups in total. The van der Waals surface area contributed by atoms with Crippen LogP contribution < -0.4 is 5.32 Å². The molecule has 1 rings (SSSR count). The van der Waals surface area contributed by atoms with E-state index in [0.717, 1.165) is 6.08 Å². The number of halogens is 3. The molecule has 0 radical (unpaired) electrons. The Morgan fingerprint density at radius 2 is 2.05 bits per heavy atom. The second kappa shape index (κ2) is 8.43. The fourth-order valence-electron chi connectivity index (χ4n) is 1.27. The first-order valence-electron chi connectivity index (χ1n) is 5.54. The Balaban J connectivity index is 0.00000122. The molecular formula is C14H13F3N2O2. The van der Waals surface area contributed by atoms with E-state index >= 15 is 0 Å². The van der Waals surface area contributed by atoms with Gasteiger partial charge in [0.05, 0.1) is 17.2 Å². The normalized spacial score (nSPS) is 10.7. The Bertz CT molecular complexity index is 572. The van der Waals surface area contributed by atoms with Gasteiger partial charge in [0.25, 0.3) is 6.47 Å². The molecule has 0 aliphatic carbocycles. The van der Waals surface area contributed by atoms with Crippen LogP contribution in [-0.2, 0) is 4.79 Å². The number of hydrogen-bond acceptors (Lipinski definition) is 3. The third-order valence-electron chi connectivity index (χ3n) is 2.09. The molecule has 0 fully saturated rings. The van der Waals surface area contributed by atoms with Crippen LogP contribution in [0.25, 0.3) is 0 Å². The lowest BCUT2D eigenvalue weighted by atomic mass is 10.2. The van der Waals surface area contributed by atoms with Crippen molar-refractivity contribution in [3.8, 4) is 6.07 Å². The number of allylic oxidation sites excluding steroid dienone is 3. The number of rotatable bonds is 3. The quantitative estimate of drug-likeness (QED) is 0.659. The van der Waals surface area contributed by atoms with E-state index in [9.17, 15) is 13.2 Å². The summed E-state index contributed by atoms with van der Waals surface area (Å²) in [6, 6.07) is 8.41. The first kappa shape index (κ1) is 18.2. The minimum atomic E-state index is -4.43. The van der Waals surface area contributed by atoms with Gasteiger partial charge >= 0.3 is 6.18 Å². The molecule has 0 aliphatic heterocycles. The smallest absolute Gasteiger partial charge is 0.415 e. The molecule has 0 spiro atoms. The van der Waals surface area contributed by atoms with Crippen LogP contribution in [0.15, 0.2) is 48.2 Å². The number of nitrogens with zero attached hydrogens (tertiary/aromatic N) is 1. The monoisotopic (exact) mass is 298 g/mol. The van der Waals surface area contributed by atoms with E-state index in [1.807, 2.05) is 6.07 Å². The van der Waals surface area contributed by atoms with Crippen molar-refractivity contribution in [2.75, 3.05) is 5.32 Å². The van der Waals surface area contributed by atoms with Crippen LogP contribution in [0.4, 0.5) is 18.9 Å². The van der Waals surface area contributed by atoms with Crippen LogP contribution in [0.2, 0.25) is 0 Å². The molecule has 0 saturated heterocycles. The van der Waals surface area contributed by atoms with E-state index < -0.39 is 11.7 Å². The summed E-state index contributed by atoms with van der Waals surface area (Å²) in [7, 11) is 0. The molecule has 0 amide bonds. The van der Waals surface area contributed by atoms with Gasteiger partial charge in [-0.25, -0.2) is 0 Å². The first-order chi connectivity index (χ1) is 9.74. The molecule has 0 aliphatic rings. The highest BCUT2D eigenvalue weighted by atomic mass is 19.4. The number of hydrogen-bond donors (Lipinski definition) is 2. The summed E-state index contributed by atoms with van der Waals surface area (Å²) in [5.74, 6) is 0. The molecule has 4 nitrogen and oxygen atoms in total. The van der Waals surface area contributed by atoms with Crippen molar-refractivity contribution < 1.29 is 23.1 Å². The maximum absolute atomic E-state index is 12.3. The van der Waals surface area contributed by atoms with Crippen molar-refractivity contribution in [2.24, 2.45) is 0 Å². The van der Waals surface area contributed by atoms with Crippen LogP contribution in [0.1, 0.15) is 12.5 Å². The van der Waals surface area contributed by atoms with Gasteiger partial charge in [0.1, 0.15) is 0 Å². The molecule has 0 aromatic heterocycles. The Kier molecular flexibility index (Phi) is 7.32. The molecule has 7 heteroatoms. The van der Waals surface area contributed by atoms with Gasteiger partial charge in [-0.2, -0.15) is 18.4 Å². The number of carboxylic acid groups (broad SMARTS) is 1. The third-order valence-corrected chi connectivity index (χ3v) is 2.09. The molecule has 0 unspecified atom stereocenters.